The van der Waals surface area contributed by atoms with Gasteiger partial charge >= 0.3 is 0 Å². The van der Waals surface area contributed by atoms with Crippen LogP contribution in [0, 0.1) is 17.3 Å². The number of hydrogen-bond acceptors (Lipinski definition) is 2. The quantitative estimate of drug-likeness (QED) is 0.844. The van der Waals surface area contributed by atoms with E-state index < -0.39 is 0 Å². The first kappa shape index (κ1) is 15.8. The van der Waals surface area contributed by atoms with Crippen LogP contribution in [0.3, 0.4) is 0 Å². The third-order valence-electron chi connectivity index (χ3n) is 5.76. The van der Waals surface area contributed by atoms with Crippen LogP contribution in [0.25, 0.3) is 0 Å². The third-order valence-corrected chi connectivity index (χ3v) is 5.76. The number of carbonyl (C=O) groups is 1. The zero-order chi connectivity index (χ0) is 14.9. The highest BCUT2D eigenvalue weighted by atomic mass is 16.2. The smallest absolute Gasteiger partial charge is 0.225 e. The van der Waals surface area contributed by atoms with Crippen LogP contribution in [0.15, 0.2) is 0 Å². The van der Waals surface area contributed by atoms with Crippen molar-refractivity contribution in [3.8, 4) is 0 Å². The van der Waals surface area contributed by atoms with Gasteiger partial charge in [0.05, 0.1) is 0 Å². The second-order valence-electron chi connectivity index (χ2n) is 8.00. The molecule has 2 fully saturated rings. The van der Waals surface area contributed by atoms with Crippen molar-refractivity contribution in [2.45, 2.75) is 77.8 Å². The fraction of sp³-hybridized carbons (Fsp3) is 0.941. The van der Waals surface area contributed by atoms with Gasteiger partial charge in [0.1, 0.15) is 0 Å². The maximum atomic E-state index is 12.8. The Hall–Kier alpha value is -0.570. The van der Waals surface area contributed by atoms with Crippen molar-refractivity contribution in [2.24, 2.45) is 23.0 Å². The van der Waals surface area contributed by atoms with Crippen molar-refractivity contribution in [1.29, 1.82) is 0 Å². The van der Waals surface area contributed by atoms with Crippen LogP contribution in [-0.4, -0.2) is 29.9 Å². The van der Waals surface area contributed by atoms with Gasteiger partial charge in [0.15, 0.2) is 0 Å². The Morgan fingerprint density at radius 3 is 2.35 bits per heavy atom. The van der Waals surface area contributed by atoms with Gasteiger partial charge in [-0.05, 0) is 56.3 Å². The molecule has 0 aromatic rings. The van der Waals surface area contributed by atoms with E-state index >= 15 is 0 Å². The second kappa shape index (κ2) is 6.05. The molecule has 0 saturated heterocycles. The average Bonchev–Trinajstić information content (AvgIpc) is 2.40. The Bertz CT molecular complexity index is 343. The minimum atomic E-state index is 0.152. The largest absolute Gasteiger partial charge is 0.343 e. The van der Waals surface area contributed by atoms with E-state index in [-0.39, 0.29) is 12.0 Å². The molecule has 2 N–H and O–H groups in total. The summed E-state index contributed by atoms with van der Waals surface area (Å²) >= 11 is 0. The number of nitrogens with zero attached hydrogens (tertiary/aromatic N) is 1. The summed E-state index contributed by atoms with van der Waals surface area (Å²) in [5.74, 6) is 0.987. The second-order valence-corrected chi connectivity index (χ2v) is 8.00. The summed E-state index contributed by atoms with van der Waals surface area (Å²) in [7, 11) is 2.01. The minimum absolute atomic E-state index is 0.152. The molecule has 2 aliphatic rings. The maximum Gasteiger partial charge on any atom is 0.225 e. The molecule has 116 valence electrons. The van der Waals surface area contributed by atoms with E-state index in [4.69, 9.17) is 5.73 Å². The Kier molecular flexibility index (Phi) is 4.78. The van der Waals surface area contributed by atoms with E-state index in [0.29, 0.717) is 23.3 Å². The van der Waals surface area contributed by atoms with Crippen molar-refractivity contribution in [2.75, 3.05) is 7.05 Å². The molecule has 20 heavy (non-hydrogen) atoms. The first-order chi connectivity index (χ1) is 9.30. The molecule has 3 unspecified atom stereocenters. The van der Waals surface area contributed by atoms with Gasteiger partial charge < -0.3 is 10.6 Å². The zero-order valence-electron chi connectivity index (χ0n) is 13.7. The maximum absolute atomic E-state index is 12.8. The Balaban J connectivity index is 1.94. The number of amides is 1. The Morgan fingerprint density at radius 2 is 1.75 bits per heavy atom. The predicted octanol–water partition coefficient (Wildman–Crippen LogP) is 3.18. The fourth-order valence-electron chi connectivity index (χ4n) is 3.91. The molecule has 0 bridgehead atoms. The number of rotatable bonds is 2. The van der Waals surface area contributed by atoms with Crippen LogP contribution in [0.1, 0.15) is 65.7 Å². The molecule has 0 radical (unpaired) electrons. The van der Waals surface area contributed by atoms with Gasteiger partial charge in [-0.3, -0.25) is 4.79 Å². The molecule has 0 aliphatic heterocycles. The van der Waals surface area contributed by atoms with Crippen LogP contribution in [-0.2, 0) is 4.79 Å². The van der Waals surface area contributed by atoms with Crippen LogP contribution < -0.4 is 5.73 Å². The van der Waals surface area contributed by atoms with Crippen molar-refractivity contribution < 1.29 is 4.79 Å². The molecule has 3 nitrogen and oxygen atoms in total. The summed E-state index contributed by atoms with van der Waals surface area (Å²) in [4.78, 5) is 14.8. The third kappa shape index (κ3) is 3.55. The van der Waals surface area contributed by atoms with Crippen LogP contribution in [0.2, 0.25) is 0 Å². The number of carbonyl (C=O) groups excluding carboxylic acids is 1. The standard InChI is InChI=1S/C17H32N2O/c1-12-5-6-13(18)11-15(12)16(20)19(4)14-7-9-17(2,3)10-8-14/h12-15H,5-11,18H2,1-4H3. The van der Waals surface area contributed by atoms with Crippen molar-refractivity contribution in [3.63, 3.8) is 0 Å². The molecule has 1 amide bonds. The lowest BCUT2D eigenvalue weighted by atomic mass is 9.74. The van der Waals surface area contributed by atoms with Gasteiger partial charge in [0.2, 0.25) is 5.91 Å². The molecule has 0 aromatic heterocycles. The van der Waals surface area contributed by atoms with E-state index in [1.54, 1.807) is 0 Å². The zero-order valence-corrected chi connectivity index (χ0v) is 13.7. The lowest BCUT2D eigenvalue weighted by molar-refractivity contribution is -0.140. The van der Waals surface area contributed by atoms with Crippen LogP contribution >= 0.6 is 0 Å². The van der Waals surface area contributed by atoms with Crippen molar-refractivity contribution >= 4 is 5.91 Å². The number of nitrogens with two attached hydrogens (primary N) is 1. The topological polar surface area (TPSA) is 46.3 Å². The average molecular weight is 280 g/mol. The number of hydrogen-bond donors (Lipinski definition) is 1. The molecular weight excluding hydrogens is 248 g/mol. The molecule has 2 rings (SSSR count). The molecule has 0 heterocycles. The summed E-state index contributed by atoms with van der Waals surface area (Å²) in [6, 6.07) is 0.666. The normalized spacial score (nSPS) is 34.8. The van der Waals surface area contributed by atoms with E-state index in [9.17, 15) is 4.79 Å². The van der Waals surface area contributed by atoms with Gasteiger partial charge in [-0.25, -0.2) is 0 Å². The molecule has 0 spiro atoms. The summed E-state index contributed by atoms with van der Waals surface area (Å²) in [6.07, 6.45) is 7.83. The van der Waals surface area contributed by atoms with Crippen molar-refractivity contribution in [1.82, 2.24) is 4.90 Å². The van der Waals surface area contributed by atoms with Gasteiger partial charge in [-0.15, -0.1) is 0 Å². The van der Waals surface area contributed by atoms with Gasteiger partial charge in [0.25, 0.3) is 0 Å². The first-order valence-electron chi connectivity index (χ1n) is 8.32. The van der Waals surface area contributed by atoms with Crippen LogP contribution in [0.5, 0.6) is 0 Å². The van der Waals surface area contributed by atoms with Crippen LogP contribution in [0.4, 0.5) is 0 Å². The summed E-state index contributed by atoms with van der Waals surface area (Å²) in [6.45, 7) is 6.90. The first-order valence-corrected chi connectivity index (χ1v) is 8.32. The van der Waals surface area contributed by atoms with E-state index in [1.807, 2.05) is 7.05 Å². The van der Waals surface area contributed by atoms with E-state index in [0.717, 1.165) is 32.1 Å². The summed E-state index contributed by atoms with van der Waals surface area (Å²) < 4.78 is 0. The summed E-state index contributed by atoms with van der Waals surface area (Å²) in [5.41, 5.74) is 6.53. The van der Waals surface area contributed by atoms with E-state index in [2.05, 4.69) is 25.7 Å². The highest BCUT2D eigenvalue weighted by molar-refractivity contribution is 5.79. The van der Waals surface area contributed by atoms with Gasteiger partial charge in [-0.1, -0.05) is 20.8 Å². The lowest BCUT2D eigenvalue weighted by Crippen LogP contribution is -2.47. The highest BCUT2D eigenvalue weighted by Crippen LogP contribution is 2.38. The molecule has 3 atom stereocenters. The molecule has 2 aliphatic carbocycles. The SMILES string of the molecule is CC1CCC(N)CC1C(=O)N(C)C1CCC(C)(C)CC1. The Morgan fingerprint density at radius 1 is 1.15 bits per heavy atom. The lowest BCUT2D eigenvalue weighted by Gasteiger charge is -2.41. The fourth-order valence-corrected chi connectivity index (χ4v) is 3.91. The molecule has 0 aromatic carbocycles. The molecule has 3 heteroatoms. The monoisotopic (exact) mass is 280 g/mol. The van der Waals surface area contributed by atoms with Gasteiger partial charge in [0, 0.05) is 25.0 Å². The molecular formula is C17H32N2O. The Labute approximate surface area is 124 Å². The molecule has 2 saturated carbocycles. The van der Waals surface area contributed by atoms with Crippen molar-refractivity contribution in [3.05, 3.63) is 0 Å². The predicted molar refractivity (Wildman–Crippen MR) is 83.3 cm³/mol. The van der Waals surface area contributed by atoms with Gasteiger partial charge in [-0.2, -0.15) is 0 Å². The highest BCUT2D eigenvalue weighted by Gasteiger charge is 2.36. The minimum Gasteiger partial charge on any atom is -0.343 e. The van der Waals surface area contributed by atoms with E-state index in [1.165, 1.54) is 12.8 Å². The summed E-state index contributed by atoms with van der Waals surface area (Å²) in [5, 5.41) is 0.